The molecule has 2 aliphatic rings. The Morgan fingerprint density at radius 3 is 1.77 bits per heavy atom. The van der Waals surface area contributed by atoms with Crippen LogP contribution in [0.5, 0.6) is 0 Å². The van der Waals surface area contributed by atoms with Crippen LogP contribution >= 0.6 is 0 Å². The van der Waals surface area contributed by atoms with Crippen molar-refractivity contribution in [2.24, 2.45) is 11.8 Å². The average molecular weight is 664 g/mol. The highest BCUT2D eigenvalue weighted by Crippen LogP contribution is 2.39. The SMILES string of the molecule is C1=CC2C=CC=C(c3ccc(-c4cc(-c5cccc(-c6cccnc6)c5)nc(-c5ccc6c7ccccc7c7ccccc7c6c5)n4)cc3)C2C=C1. The van der Waals surface area contributed by atoms with Crippen LogP contribution in [0.4, 0.5) is 0 Å². The van der Waals surface area contributed by atoms with Crippen molar-refractivity contribution in [1.29, 1.82) is 0 Å². The summed E-state index contributed by atoms with van der Waals surface area (Å²) in [6.07, 6.45) is 19.3. The Kier molecular flexibility index (Phi) is 7.28. The Morgan fingerprint density at radius 2 is 1.02 bits per heavy atom. The standard InChI is InChI=1S/C49H33N3/c1-2-15-39-32(10-1)11-8-20-40(39)33-21-23-34(24-22-33)47-30-48(36-13-7-12-35(28-36)38-14-9-27-50-31-38)52-49(51-47)37-25-26-45-43-18-4-3-16-41(43)42-17-5-6-19-44(42)46(45)29-37/h1-32,39H. The number of benzene rings is 6. The molecule has 0 N–H and O–H groups in total. The van der Waals surface area contributed by atoms with Gasteiger partial charge in [0.25, 0.3) is 0 Å². The van der Waals surface area contributed by atoms with Crippen molar-refractivity contribution in [3.05, 3.63) is 194 Å². The predicted molar refractivity (Wildman–Crippen MR) is 216 cm³/mol. The molecule has 0 saturated heterocycles. The average Bonchev–Trinajstić information content (AvgIpc) is 3.23. The van der Waals surface area contributed by atoms with Crippen LogP contribution in [-0.4, -0.2) is 15.0 Å². The number of nitrogens with zero attached hydrogens (tertiary/aromatic N) is 3. The molecule has 2 aromatic heterocycles. The lowest BCUT2D eigenvalue weighted by molar-refractivity contribution is 0.678. The van der Waals surface area contributed by atoms with Gasteiger partial charge in [0, 0.05) is 46.5 Å². The van der Waals surface area contributed by atoms with Crippen molar-refractivity contribution < 1.29 is 0 Å². The van der Waals surface area contributed by atoms with E-state index in [1.54, 1.807) is 6.20 Å². The van der Waals surface area contributed by atoms with E-state index in [2.05, 4.69) is 175 Å². The summed E-state index contributed by atoms with van der Waals surface area (Å²) in [5, 5.41) is 7.42. The first-order valence-corrected chi connectivity index (χ1v) is 17.8. The van der Waals surface area contributed by atoms with Gasteiger partial charge in [-0.15, -0.1) is 0 Å². The summed E-state index contributed by atoms with van der Waals surface area (Å²) in [5.41, 5.74) is 9.57. The zero-order chi connectivity index (χ0) is 34.4. The molecule has 10 rings (SSSR count). The molecule has 2 aliphatic carbocycles. The monoisotopic (exact) mass is 663 g/mol. The molecule has 0 fully saturated rings. The van der Waals surface area contributed by atoms with Gasteiger partial charge in [-0.3, -0.25) is 4.98 Å². The fourth-order valence-electron chi connectivity index (χ4n) is 7.95. The molecule has 52 heavy (non-hydrogen) atoms. The third kappa shape index (κ3) is 5.26. The van der Waals surface area contributed by atoms with Crippen molar-refractivity contribution in [3.8, 4) is 45.0 Å². The van der Waals surface area contributed by atoms with Crippen LogP contribution < -0.4 is 0 Å². The van der Waals surface area contributed by atoms with Crippen molar-refractivity contribution in [2.45, 2.75) is 0 Å². The summed E-state index contributed by atoms with van der Waals surface area (Å²) in [4.78, 5) is 14.9. The summed E-state index contributed by atoms with van der Waals surface area (Å²) in [6.45, 7) is 0. The van der Waals surface area contributed by atoms with E-state index in [1.165, 1.54) is 43.5 Å². The third-order valence-electron chi connectivity index (χ3n) is 10.5. The largest absolute Gasteiger partial charge is 0.264 e. The molecule has 0 saturated carbocycles. The summed E-state index contributed by atoms with van der Waals surface area (Å²) < 4.78 is 0. The molecule has 0 aliphatic heterocycles. The Bertz CT molecular complexity index is 2750. The van der Waals surface area contributed by atoms with Gasteiger partial charge >= 0.3 is 0 Å². The number of hydrogen-bond donors (Lipinski definition) is 0. The molecule has 0 amide bonds. The van der Waals surface area contributed by atoms with Crippen LogP contribution in [0, 0.1) is 11.8 Å². The van der Waals surface area contributed by atoms with Crippen molar-refractivity contribution >= 4 is 37.9 Å². The molecule has 2 atom stereocenters. The van der Waals surface area contributed by atoms with E-state index >= 15 is 0 Å². The summed E-state index contributed by atoms with van der Waals surface area (Å²) >= 11 is 0. The smallest absolute Gasteiger partial charge is 0.160 e. The van der Waals surface area contributed by atoms with Gasteiger partial charge in [-0.25, -0.2) is 9.97 Å². The van der Waals surface area contributed by atoms with E-state index in [-0.39, 0.29) is 0 Å². The van der Waals surface area contributed by atoms with Crippen LogP contribution in [0.2, 0.25) is 0 Å². The zero-order valence-corrected chi connectivity index (χ0v) is 28.4. The van der Waals surface area contributed by atoms with Gasteiger partial charge in [0.2, 0.25) is 0 Å². The molecule has 6 aromatic carbocycles. The second-order valence-electron chi connectivity index (χ2n) is 13.6. The van der Waals surface area contributed by atoms with Gasteiger partial charge in [-0.2, -0.15) is 0 Å². The van der Waals surface area contributed by atoms with Crippen molar-refractivity contribution in [3.63, 3.8) is 0 Å². The molecule has 244 valence electrons. The first-order valence-electron chi connectivity index (χ1n) is 17.8. The van der Waals surface area contributed by atoms with Crippen molar-refractivity contribution in [1.82, 2.24) is 15.0 Å². The highest BCUT2D eigenvalue weighted by Gasteiger charge is 2.23. The van der Waals surface area contributed by atoms with Gasteiger partial charge < -0.3 is 0 Å². The second kappa shape index (κ2) is 12.6. The van der Waals surface area contributed by atoms with Crippen LogP contribution in [0.1, 0.15) is 5.56 Å². The van der Waals surface area contributed by atoms with Gasteiger partial charge in [-0.05, 0) is 73.3 Å². The van der Waals surface area contributed by atoms with Crippen LogP contribution in [0.15, 0.2) is 188 Å². The molecule has 2 heterocycles. The van der Waals surface area contributed by atoms with E-state index in [4.69, 9.17) is 9.97 Å². The third-order valence-corrected chi connectivity index (χ3v) is 10.5. The fraction of sp³-hybridized carbons (Fsp3) is 0.0408. The van der Waals surface area contributed by atoms with E-state index in [0.29, 0.717) is 17.7 Å². The van der Waals surface area contributed by atoms with Crippen LogP contribution in [0.3, 0.4) is 0 Å². The lowest BCUT2D eigenvalue weighted by atomic mass is 9.77. The first kappa shape index (κ1) is 30.1. The normalized spacial score (nSPS) is 16.3. The Morgan fingerprint density at radius 1 is 0.404 bits per heavy atom. The molecular weight excluding hydrogens is 631 g/mol. The second-order valence-corrected chi connectivity index (χ2v) is 13.6. The Labute approximate surface area is 302 Å². The minimum absolute atomic E-state index is 0.353. The Balaban J connectivity index is 1.13. The lowest BCUT2D eigenvalue weighted by Gasteiger charge is -2.27. The van der Waals surface area contributed by atoms with Crippen LogP contribution in [-0.2, 0) is 0 Å². The van der Waals surface area contributed by atoms with Gasteiger partial charge in [0.1, 0.15) is 0 Å². The molecule has 2 unspecified atom stereocenters. The summed E-state index contributed by atoms with van der Waals surface area (Å²) in [7, 11) is 0. The van der Waals surface area contributed by atoms with E-state index in [0.717, 1.165) is 39.2 Å². The van der Waals surface area contributed by atoms with Crippen LogP contribution in [0.25, 0.3) is 82.9 Å². The fourth-order valence-corrected chi connectivity index (χ4v) is 7.95. The molecule has 0 spiro atoms. The zero-order valence-electron chi connectivity index (χ0n) is 28.4. The minimum Gasteiger partial charge on any atom is -0.264 e. The maximum absolute atomic E-state index is 5.27. The number of allylic oxidation sites excluding steroid dienone is 8. The topological polar surface area (TPSA) is 38.7 Å². The quantitative estimate of drug-likeness (QED) is 0.172. The van der Waals surface area contributed by atoms with Gasteiger partial charge in [-0.1, -0.05) is 152 Å². The number of aromatic nitrogens is 3. The number of rotatable bonds is 5. The minimum atomic E-state index is 0.353. The maximum Gasteiger partial charge on any atom is 0.160 e. The van der Waals surface area contributed by atoms with Gasteiger partial charge in [0.05, 0.1) is 11.4 Å². The maximum atomic E-state index is 5.27. The Hall–Kier alpha value is -6.71. The lowest BCUT2D eigenvalue weighted by Crippen LogP contribution is -2.14. The number of hydrogen-bond acceptors (Lipinski definition) is 3. The molecule has 3 nitrogen and oxygen atoms in total. The highest BCUT2D eigenvalue weighted by atomic mass is 14.9. The van der Waals surface area contributed by atoms with Gasteiger partial charge in [0.15, 0.2) is 5.82 Å². The molecular formula is C49H33N3. The number of fused-ring (bicyclic) bond motifs is 7. The van der Waals surface area contributed by atoms with Crippen molar-refractivity contribution in [2.75, 3.05) is 0 Å². The molecule has 0 bridgehead atoms. The van der Waals surface area contributed by atoms with E-state index < -0.39 is 0 Å². The highest BCUT2D eigenvalue weighted by molar-refractivity contribution is 6.25. The number of pyridine rings is 1. The summed E-state index contributed by atoms with van der Waals surface area (Å²) in [5.74, 6) is 1.45. The predicted octanol–water partition coefficient (Wildman–Crippen LogP) is 12.3. The molecule has 3 heteroatoms. The molecule has 0 radical (unpaired) electrons. The summed E-state index contributed by atoms with van der Waals surface area (Å²) in [6, 6.07) is 47.7. The van der Waals surface area contributed by atoms with E-state index in [1.807, 2.05) is 12.3 Å². The van der Waals surface area contributed by atoms with E-state index in [9.17, 15) is 0 Å². The first-order chi connectivity index (χ1) is 25.8. The molecule has 8 aromatic rings.